The maximum Gasteiger partial charge on any atom is 0.322 e. The quantitative estimate of drug-likeness (QED) is 0.704. The number of amides is 3. The Bertz CT molecular complexity index is 799. The van der Waals surface area contributed by atoms with Gasteiger partial charge in [-0.2, -0.15) is 0 Å². The lowest BCUT2D eigenvalue weighted by Crippen LogP contribution is -2.37. The molecule has 0 aliphatic carbocycles. The summed E-state index contributed by atoms with van der Waals surface area (Å²) in [7, 11) is 1.60. The lowest BCUT2D eigenvalue weighted by molar-refractivity contribution is 0.0938. The summed E-state index contributed by atoms with van der Waals surface area (Å²) in [5.74, 6) is -0.207. The van der Waals surface area contributed by atoms with Gasteiger partial charge < -0.3 is 20.3 Å². The average Bonchev–Trinajstić information content (AvgIpc) is 3.10. The molecule has 0 fully saturated rings. The molecule has 0 aliphatic heterocycles. The molecule has 2 rings (SSSR count). The van der Waals surface area contributed by atoms with E-state index in [2.05, 4.69) is 15.6 Å². The minimum absolute atomic E-state index is 0.0407. The number of urea groups is 1. The predicted molar refractivity (Wildman–Crippen MR) is 112 cm³/mol. The zero-order valence-electron chi connectivity index (χ0n) is 17.0. The fourth-order valence-corrected chi connectivity index (χ4v) is 3.43. The zero-order chi connectivity index (χ0) is 20.7. The maximum atomic E-state index is 12.9. The van der Waals surface area contributed by atoms with Crippen LogP contribution in [0.2, 0.25) is 0 Å². The van der Waals surface area contributed by atoms with Crippen molar-refractivity contribution in [1.82, 2.24) is 15.2 Å². The van der Waals surface area contributed by atoms with E-state index in [1.54, 1.807) is 17.4 Å². The van der Waals surface area contributed by atoms with Gasteiger partial charge in [0.25, 0.3) is 5.91 Å². The van der Waals surface area contributed by atoms with Gasteiger partial charge in [-0.1, -0.05) is 18.2 Å². The molecule has 0 unspecified atom stereocenters. The third kappa shape index (κ3) is 6.03. The van der Waals surface area contributed by atoms with Crippen molar-refractivity contribution in [3.05, 3.63) is 45.4 Å². The van der Waals surface area contributed by atoms with Crippen molar-refractivity contribution in [2.24, 2.45) is 0 Å². The van der Waals surface area contributed by atoms with E-state index in [9.17, 15) is 9.59 Å². The number of ether oxygens (including phenoxy) is 1. The molecule has 2 aromatic rings. The Kier molecular flexibility index (Phi) is 7.95. The van der Waals surface area contributed by atoms with Crippen LogP contribution in [0.1, 0.15) is 40.5 Å². The Hall–Kier alpha value is -2.45. The summed E-state index contributed by atoms with van der Waals surface area (Å²) in [4.78, 5) is 31.0. The van der Waals surface area contributed by atoms with E-state index in [0.717, 1.165) is 16.8 Å². The number of aromatic nitrogens is 1. The largest absolute Gasteiger partial charge is 0.383 e. The molecule has 1 heterocycles. The third-order valence-corrected chi connectivity index (χ3v) is 4.93. The number of para-hydroxylation sites is 1. The van der Waals surface area contributed by atoms with Gasteiger partial charge in [-0.05, 0) is 38.8 Å². The smallest absolute Gasteiger partial charge is 0.322 e. The van der Waals surface area contributed by atoms with E-state index < -0.39 is 0 Å². The third-order valence-electron chi connectivity index (χ3n) is 4.10. The van der Waals surface area contributed by atoms with Crippen molar-refractivity contribution in [1.29, 1.82) is 0 Å². The Morgan fingerprint density at radius 3 is 2.54 bits per heavy atom. The van der Waals surface area contributed by atoms with Crippen LogP contribution in [0.25, 0.3) is 0 Å². The maximum absolute atomic E-state index is 12.9. The number of nitrogens with one attached hydrogen (secondary N) is 2. The Balaban J connectivity index is 2.12. The summed E-state index contributed by atoms with van der Waals surface area (Å²) in [6, 6.07) is 5.70. The summed E-state index contributed by atoms with van der Waals surface area (Å²) >= 11 is 1.36. The van der Waals surface area contributed by atoms with Crippen LogP contribution in [0.3, 0.4) is 0 Å². The normalized spacial score (nSPS) is 10.8. The van der Waals surface area contributed by atoms with Crippen LogP contribution in [0.5, 0.6) is 0 Å². The van der Waals surface area contributed by atoms with Crippen LogP contribution in [0, 0.1) is 13.8 Å². The summed E-state index contributed by atoms with van der Waals surface area (Å²) < 4.78 is 5.14. The number of nitrogens with zero attached hydrogens (tertiary/aromatic N) is 2. The molecule has 1 aromatic heterocycles. The fourth-order valence-electron chi connectivity index (χ4n) is 2.64. The first-order chi connectivity index (χ1) is 13.3. The van der Waals surface area contributed by atoms with Crippen molar-refractivity contribution in [2.45, 2.75) is 40.3 Å². The number of anilines is 1. The molecule has 2 N–H and O–H groups in total. The van der Waals surface area contributed by atoms with E-state index in [-0.39, 0.29) is 18.0 Å². The van der Waals surface area contributed by atoms with Gasteiger partial charge in [0.2, 0.25) is 0 Å². The molecule has 0 atom stereocenters. The lowest BCUT2D eigenvalue weighted by atomic mass is 10.1. The molecule has 0 saturated heterocycles. The summed E-state index contributed by atoms with van der Waals surface area (Å²) in [6.07, 6.45) is 0. The van der Waals surface area contributed by atoms with Gasteiger partial charge in [-0.25, -0.2) is 9.78 Å². The first-order valence-electron chi connectivity index (χ1n) is 9.18. The topological polar surface area (TPSA) is 83.6 Å². The second-order valence-electron chi connectivity index (χ2n) is 6.87. The van der Waals surface area contributed by atoms with Crippen LogP contribution >= 0.6 is 11.3 Å². The van der Waals surface area contributed by atoms with Gasteiger partial charge in [-0.3, -0.25) is 4.79 Å². The van der Waals surface area contributed by atoms with Crippen molar-refractivity contribution in [3.8, 4) is 0 Å². The summed E-state index contributed by atoms with van der Waals surface area (Å²) in [5, 5.41) is 8.22. The zero-order valence-corrected chi connectivity index (χ0v) is 17.9. The minimum atomic E-state index is -0.224. The second kappa shape index (κ2) is 10.2. The fraction of sp³-hybridized carbons (Fsp3) is 0.450. The van der Waals surface area contributed by atoms with Crippen LogP contribution in [0.15, 0.2) is 23.6 Å². The van der Waals surface area contributed by atoms with Gasteiger partial charge in [0, 0.05) is 30.8 Å². The summed E-state index contributed by atoms with van der Waals surface area (Å²) in [5.41, 5.74) is 3.19. The van der Waals surface area contributed by atoms with Crippen molar-refractivity contribution < 1.29 is 14.3 Å². The molecule has 1 aromatic carbocycles. The molecular weight excluding hydrogens is 376 g/mol. The van der Waals surface area contributed by atoms with E-state index in [0.29, 0.717) is 30.4 Å². The predicted octanol–water partition coefficient (Wildman–Crippen LogP) is 3.58. The number of aryl methyl sites for hydroxylation is 2. The number of hydrogen-bond acceptors (Lipinski definition) is 5. The first kappa shape index (κ1) is 21.8. The highest BCUT2D eigenvalue weighted by Gasteiger charge is 2.19. The molecule has 0 aliphatic rings. The Labute approximate surface area is 170 Å². The number of carbonyl (C=O) groups is 2. The molecule has 152 valence electrons. The number of benzene rings is 1. The van der Waals surface area contributed by atoms with Gasteiger partial charge in [-0.15, -0.1) is 11.3 Å². The van der Waals surface area contributed by atoms with Crippen LogP contribution < -0.4 is 10.6 Å². The lowest BCUT2D eigenvalue weighted by Gasteiger charge is -2.23. The number of rotatable bonds is 8. The highest BCUT2D eigenvalue weighted by atomic mass is 32.1. The Morgan fingerprint density at radius 1 is 1.25 bits per heavy atom. The van der Waals surface area contributed by atoms with Gasteiger partial charge >= 0.3 is 6.03 Å². The molecule has 0 bridgehead atoms. The molecule has 8 heteroatoms. The van der Waals surface area contributed by atoms with E-state index in [1.165, 1.54) is 11.3 Å². The van der Waals surface area contributed by atoms with Gasteiger partial charge in [0.1, 0.15) is 10.7 Å². The van der Waals surface area contributed by atoms with Crippen molar-refractivity contribution >= 4 is 29.0 Å². The molecule has 0 spiro atoms. The van der Waals surface area contributed by atoms with Crippen LogP contribution in [-0.4, -0.2) is 48.1 Å². The van der Waals surface area contributed by atoms with E-state index in [4.69, 9.17) is 4.74 Å². The Morgan fingerprint density at radius 2 is 1.93 bits per heavy atom. The minimum Gasteiger partial charge on any atom is -0.383 e. The number of hydrogen-bond donors (Lipinski definition) is 2. The van der Waals surface area contributed by atoms with Crippen LogP contribution in [-0.2, 0) is 11.3 Å². The number of carbonyl (C=O) groups excluding carboxylic acids is 2. The molecule has 28 heavy (non-hydrogen) atoms. The number of thiazole rings is 1. The number of methoxy groups -OCH3 is 1. The van der Waals surface area contributed by atoms with Gasteiger partial charge in [0.15, 0.2) is 0 Å². The summed E-state index contributed by atoms with van der Waals surface area (Å²) in [6.45, 7) is 8.85. The van der Waals surface area contributed by atoms with Crippen LogP contribution in [0.4, 0.5) is 10.5 Å². The molecule has 3 amide bonds. The van der Waals surface area contributed by atoms with Crippen molar-refractivity contribution in [2.75, 3.05) is 25.6 Å². The highest BCUT2D eigenvalue weighted by molar-refractivity contribution is 7.09. The first-order valence-corrected chi connectivity index (χ1v) is 10.1. The molecule has 0 saturated carbocycles. The molecule has 0 radical (unpaired) electrons. The van der Waals surface area contributed by atoms with E-state index >= 15 is 0 Å². The van der Waals surface area contributed by atoms with Gasteiger partial charge in [0.05, 0.1) is 13.2 Å². The van der Waals surface area contributed by atoms with E-state index in [1.807, 2.05) is 45.9 Å². The SMILES string of the molecule is COCCN(Cc1nc(C(=O)NC(C)C)cs1)C(=O)Nc1c(C)cccc1C. The highest BCUT2D eigenvalue weighted by Crippen LogP contribution is 2.21. The molecule has 7 nitrogen and oxygen atoms in total. The standard InChI is InChI=1S/C20H28N4O3S/c1-13(2)21-19(25)16-12-28-17(22-16)11-24(9-10-27-5)20(26)23-18-14(3)7-6-8-15(18)4/h6-8,12-13H,9-11H2,1-5H3,(H,21,25)(H,23,26). The monoisotopic (exact) mass is 404 g/mol. The van der Waals surface area contributed by atoms with Crippen molar-refractivity contribution in [3.63, 3.8) is 0 Å². The average molecular weight is 405 g/mol. The molecular formula is C20H28N4O3S. The second-order valence-corrected chi connectivity index (χ2v) is 7.81.